The maximum absolute atomic E-state index is 11.2. The Labute approximate surface area is 791 Å². The number of carbonyl (C=O) groups is 3. The summed E-state index contributed by atoms with van der Waals surface area (Å²) in [6, 6.07) is 91.6. The van der Waals surface area contributed by atoms with Crippen LogP contribution in [0, 0.1) is 22.2 Å². The Balaban J connectivity index is 0.000000223. The fourth-order valence-corrected chi connectivity index (χ4v) is 17.0. The number of carbonyl (C=O) groups excluding carboxylic acids is 3. The number of esters is 1. The SMILES string of the molecule is C/C=C/c1ccc2c(c1)Cc1ccccc1-2.C=CC.CC1CCCO1.CCCc1ccc2c(c1)C(CO)c1ccccc1-2.CCCc1ccc2c(c1)C(COC(C)=O)c1ccccc1-2.CCCc1ccc2c(c1)Cc1ccccc1-2.Cc1ccc2c(c1)Cc1ccccc1-2.FB(F)F.Nc1ccc2c(c1)Cc1ccccc1-2.O.O=C1CCC(=O)N1[O-].O=N[O-].[F-].[Na+].[Na+]. The predicted molar refractivity (Wildman–Crippen MR) is 503 cm³/mol. The van der Waals surface area contributed by atoms with Crippen LogP contribution in [-0.4, -0.2) is 66.9 Å². The van der Waals surface area contributed by atoms with Crippen LogP contribution in [0.25, 0.3) is 72.8 Å². The molecular weight excluding hydrogens is 1620 g/mol. The number of hydroxylamine groups is 2. The molecule has 0 saturated carbocycles. The Morgan fingerprint density at radius 1 is 0.528 bits per heavy atom. The molecule has 127 heavy (non-hydrogen) atoms. The molecule has 5 N–H and O–H groups in total. The van der Waals surface area contributed by atoms with E-state index in [9.17, 15) is 37.6 Å². The van der Waals surface area contributed by atoms with E-state index < -0.39 is 19.4 Å². The Kier molecular flexibility index (Phi) is 44.3. The number of nitrogen functional groups attached to an aromatic ring is 1. The zero-order valence-electron chi connectivity index (χ0n) is 74.7. The van der Waals surface area contributed by atoms with Gasteiger partial charge in [0.25, 0.3) is 0 Å². The first-order valence-corrected chi connectivity index (χ1v) is 42.6. The van der Waals surface area contributed by atoms with E-state index >= 15 is 0 Å². The number of nitrogens with two attached hydrogens (primary N) is 1. The van der Waals surface area contributed by atoms with Gasteiger partial charge in [-0.2, -0.15) is 0 Å². The molecule has 20 heteroatoms. The van der Waals surface area contributed by atoms with Crippen molar-refractivity contribution in [2.75, 3.05) is 25.6 Å². The number of anilines is 1. The molecule has 0 aromatic heterocycles. The number of aliphatic hydroxyl groups excluding tert-OH is 1. The largest absolute Gasteiger partial charge is 1.00 e. The van der Waals surface area contributed by atoms with Crippen LogP contribution >= 0.6 is 0 Å². The van der Waals surface area contributed by atoms with Crippen molar-refractivity contribution in [2.45, 2.75) is 163 Å². The third kappa shape index (κ3) is 28.5. The van der Waals surface area contributed by atoms with Crippen LogP contribution in [0.15, 0.2) is 279 Å². The molecule has 650 valence electrons. The third-order valence-electron chi connectivity index (χ3n) is 22.5. The standard InChI is InChI=1S/C19H20O2.C17H18O.C16H16.C16H14.C14H12.C13H11N.C5H10O.C4H4NO3.C3H6.BF3.FH.HNO2.2Na.H2O/c1-3-6-14-9-10-17-15-7-4-5-8-16(15)19(18(17)11-14)12-21-13(2)20;1-2-5-12-8-9-15-13-6-3-4-7-14(13)17(11-18)16(15)10-12;2*1-2-5-12-8-9-16-14(10-12)11-13-6-3-4-7-15(13)16;1-10-6-7-14-12(8-10)9-11-4-2-3-5-13(11)14;14-11-5-6-13-10(8-11)7-9-3-1-2-4-12(9)13;1-5-3-2-4-6-5;6-3-1-2-4(7)5(3)8;1-3-2;2-1(3)4;;2-1-3;;;/h4-5,7-11,19H,3,6,12H2,1-2H3;3-4,6-10,17-18H,2,5,11H2,1H3;3-4,6-10H,2,5,11H2,1H3;2-10H,11H2,1H3;2-8H,9H2,1H3;1-6,8H,7,14H2;5H,2-4H2,1H3;1-2H2;3H,1H2,2H3;;1H;(H,2,3);;;1H2/q;;;;;;;-1;;;;;2*+1;/p-2/b;;;5-2+;;;;;;;;;;;. The third-order valence-corrected chi connectivity index (χ3v) is 22.5. The van der Waals surface area contributed by atoms with Crippen LogP contribution in [0.3, 0.4) is 0 Å². The van der Waals surface area contributed by atoms with E-state index in [-0.39, 0.29) is 112 Å². The Morgan fingerprint density at radius 2 is 0.866 bits per heavy atom. The number of halogens is 4. The van der Waals surface area contributed by atoms with E-state index in [1.165, 1.54) is 194 Å². The molecular formula is C107H113BF4N3Na2O10-. The molecule has 13 nitrogen and oxygen atoms in total. The van der Waals surface area contributed by atoms with Gasteiger partial charge in [0.1, 0.15) is 6.61 Å². The van der Waals surface area contributed by atoms with Crippen LogP contribution in [0.1, 0.15) is 200 Å². The summed E-state index contributed by atoms with van der Waals surface area (Å²) < 4.78 is 39.5. The van der Waals surface area contributed by atoms with Crippen molar-refractivity contribution < 1.29 is 111 Å². The molecule has 20 rings (SSSR count). The van der Waals surface area contributed by atoms with Crippen molar-refractivity contribution in [2.24, 2.45) is 5.34 Å². The van der Waals surface area contributed by atoms with Gasteiger partial charge in [0.15, 0.2) is 0 Å². The van der Waals surface area contributed by atoms with E-state index in [2.05, 4.69) is 309 Å². The second-order valence-electron chi connectivity index (χ2n) is 31.3. The van der Waals surface area contributed by atoms with Gasteiger partial charge in [-0.15, -0.1) is 11.9 Å². The molecule has 3 atom stereocenters. The average molecular weight is 1730 g/mol. The maximum Gasteiger partial charge on any atom is 1.00 e. The summed E-state index contributed by atoms with van der Waals surface area (Å²) in [5.74, 6) is -1.12. The minimum absolute atomic E-state index is 0. The van der Waals surface area contributed by atoms with Crippen molar-refractivity contribution in [1.82, 2.24) is 5.06 Å². The summed E-state index contributed by atoms with van der Waals surface area (Å²) in [5, 5.41) is 28.7. The van der Waals surface area contributed by atoms with Crippen molar-refractivity contribution >= 4 is 37.1 Å². The smallest absolute Gasteiger partial charge is 1.00 e. The maximum atomic E-state index is 11.2. The molecule has 12 aromatic rings. The second kappa shape index (κ2) is 53.4. The first-order chi connectivity index (χ1) is 59.7. The Morgan fingerprint density at radius 3 is 1.24 bits per heavy atom. The first kappa shape index (κ1) is 105. The first-order valence-electron chi connectivity index (χ1n) is 42.6. The number of imide groups is 1. The van der Waals surface area contributed by atoms with Gasteiger partial charge >= 0.3 is 72.6 Å². The summed E-state index contributed by atoms with van der Waals surface area (Å²) in [6.07, 6.45) is 20.5. The number of amides is 2. The fourth-order valence-electron chi connectivity index (χ4n) is 17.0. The second-order valence-corrected chi connectivity index (χ2v) is 31.3. The van der Waals surface area contributed by atoms with Crippen LogP contribution < -0.4 is 69.6 Å². The Bertz CT molecular complexity index is 5520. The number of allylic oxidation sites excluding steroid dienone is 2. The van der Waals surface area contributed by atoms with Gasteiger partial charge in [-0.25, -0.2) is 0 Å². The topological polar surface area (TPSA) is 226 Å². The van der Waals surface area contributed by atoms with Gasteiger partial charge in [0, 0.05) is 43.9 Å². The normalized spacial score (nSPS) is 14.1. The van der Waals surface area contributed by atoms with Crippen molar-refractivity contribution in [3.05, 3.63) is 383 Å². The molecule has 2 heterocycles. The number of fused-ring (bicyclic) bond motifs is 18. The monoisotopic (exact) mass is 1730 g/mol. The molecule has 0 radical (unpaired) electrons. The van der Waals surface area contributed by atoms with Crippen molar-refractivity contribution in [3.63, 3.8) is 0 Å². The number of ether oxygens (including phenoxy) is 2. The molecule has 2 amide bonds. The number of benzene rings is 12. The minimum Gasteiger partial charge on any atom is -1.00 e. The number of rotatable bonds is 10. The zero-order valence-corrected chi connectivity index (χ0v) is 78.7. The van der Waals surface area contributed by atoms with Crippen LogP contribution in [0.2, 0.25) is 0 Å². The number of aryl methyl sites for hydroxylation is 4. The van der Waals surface area contributed by atoms with Gasteiger partial charge in [0.05, 0.1) is 12.7 Å². The van der Waals surface area contributed by atoms with Gasteiger partial charge in [-0.1, -0.05) is 306 Å². The summed E-state index contributed by atoms with van der Waals surface area (Å²) in [4.78, 5) is 39.5. The van der Waals surface area contributed by atoms with Crippen LogP contribution in [-0.2, 0) is 68.8 Å². The van der Waals surface area contributed by atoms with Gasteiger partial charge < -0.3 is 50.9 Å². The van der Waals surface area contributed by atoms with Crippen LogP contribution in [0.5, 0.6) is 0 Å². The molecule has 0 spiro atoms. The molecule has 8 aliphatic rings. The van der Waals surface area contributed by atoms with E-state index in [1.807, 2.05) is 13.0 Å². The minimum atomic E-state index is -3.67. The molecule has 3 unspecified atom stereocenters. The van der Waals surface area contributed by atoms with Crippen LogP contribution in [0.4, 0.5) is 18.6 Å². The van der Waals surface area contributed by atoms with E-state index in [1.54, 1.807) is 6.08 Å². The molecule has 12 aromatic carbocycles. The zero-order chi connectivity index (χ0) is 87.9. The van der Waals surface area contributed by atoms with Crippen molar-refractivity contribution in [1.29, 1.82) is 0 Å². The quantitative estimate of drug-likeness (QED) is 0.0192. The molecule has 0 bridgehead atoms. The number of nitrogens with zero attached hydrogens (tertiary/aromatic N) is 2. The van der Waals surface area contributed by atoms with Crippen molar-refractivity contribution in [3.8, 4) is 66.8 Å². The average Bonchev–Trinajstić information content (AvgIpc) is 1.61. The molecule has 2 aliphatic heterocycles. The molecule has 2 saturated heterocycles. The number of aliphatic hydroxyl groups is 1. The van der Waals surface area contributed by atoms with E-state index in [4.69, 9.17) is 25.3 Å². The molecule has 6 aliphatic carbocycles. The van der Waals surface area contributed by atoms with E-state index in [0.717, 1.165) is 69.0 Å². The van der Waals surface area contributed by atoms with Gasteiger partial charge in [-0.3, -0.25) is 27.3 Å². The van der Waals surface area contributed by atoms with Gasteiger partial charge in [-0.05, 0) is 253 Å². The summed E-state index contributed by atoms with van der Waals surface area (Å²) in [6.45, 7) is 21.3. The van der Waals surface area contributed by atoms with E-state index in [0.29, 0.717) is 12.7 Å². The fraction of sp³-hybridized carbons (Fsp3) is 0.262. The number of hydrogen-bond acceptors (Lipinski definition) is 11. The summed E-state index contributed by atoms with van der Waals surface area (Å²) in [7, 11) is -3.67. The molecule has 2 fully saturated rings. The number of hydrogen-bond donors (Lipinski definition) is 2. The predicted octanol–water partition coefficient (Wildman–Crippen LogP) is 16.3. The van der Waals surface area contributed by atoms with Gasteiger partial charge in [0.2, 0.25) is 11.8 Å². The summed E-state index contributed by atoms with van der Waals surface area (Å²) in [5.41, 5.74) is 46.6. The Hall–Kier alpha value is -10.4. The summed E-state index contributed by atoms with van der Waals surface area (Å²) >= 11 is 0.